The van der Waals surface area contributed by atoms with Crippen molar-refractivity contribution >= 4 is 20.2 Å². The molecule has 0 saturated carbocycles. The van der Waals surface area contributed by atoms with E-state index in [-0.39, 0.29) is 11.6 Å². The van der Waals surface area contributed by atoms with Crippen molar-refractivity contribution in [2.24, 2.45) is 9.98 Å². The number of terminal acetylenes is 1. The van der Waals surface area contributed by atoms with Crippen molar-refractivity contribution in [1.29, 1.82) is 0 Å². The highest BCUT2D eigenvalue weighted by Gasteiger charge is 2.24. The fourth-order valence-electron chi connectivity index (χ4n) is 7.00. The first-order valence-corrected chi connectivity index (χ1v) is 22.3. The van der Waals surface area contributed by atoms with E-state index in [2.05, 4.69) is 50.4 Å². The van der Waals surface area contributed by atoms with Gasteiger partial charge in [-0.1, -0.05) is 49.2 Å². The van der Waals surface area contributed by atoms with E-state index in [1.165, 1.54) is 25.0 Å². The van der Waals surface area contributed by atoms with E-state index in [9.17, 15) is 8.78 Å². The summed E-state index contributed by atoms with van der Waals surface area (Å²) in [7, 11) is -0.714. The fraction of sp³-hybridized carbons (Fsp3) is 0.234. The number of halogens is 2. The summed E-state index contributed by atoms with van der Waals surface area (Å²) in [5.41, 5.74) is 9.48. The van der Waals surface area contributed by atoms with E-state index in [1.807, 2.05) is 79.3 Å². The molecular formula is C47H44F2N6OSi. The van der Waals surface area contributed by atoms with Crippen LogP contribution < -0.4 is 0 Å². The maximum Gasteiger partial charge on any atom is 0.132 e. The number of imidazole rings is 2. The predicted octanol–water partition coefficient (Wildman–Crippen LogP) is 8.96. The first-order chi connectivity index (χ1) is 27.7. The molecule has 1 saturated heterocycles. The minimum atomic E-state index is -0.714. The zero-order valence-electron chi connectivity index (χ0n) is 32.7. The monoisotopic (exact) mass is 774 g/mol. The number of hydrogen-bond donors (Lipinski definition) is 0. The van der Waals surface area contributed by atoms with Gasteiger partial charge in [0.1, 0.15) is 23.3 Å². The molecule has 4 aromatic carbocycles. The van der Waals surface area contributed by atoms with Gasteiger partial charge in [0, 0.05) is 61.4 Å². The molecule has 10 heteroatoms. The lowest BCUT2D eigenvalue weighted by Gasteiger charge is -2.14. The minimum Gasteiger partial charge on any atom is -0.381 e. The normalized spacial score (nSPS) is 13.6. The van der Waals surface area contributed by atoms with Crippen LogP contribution in [0.5, 0.6) is 0 Å². The molecule has 7 nitrogen and oxygen atoms in total. The van der Waals surface area contributed by atoms with Crippen LogP contribution in [0.3, 0.4) is 0 Å². The minimum absolute atomic E-state index is 0.268. The number of benzene rings is 4. The number of hydrogen-bond acceptors (Lipinski definition) is 5. The molecule has 0 radical (unpaired) electrons. The van der Waals surface area contributed by atoms with Crippen molar-refractivity contribution in [2.75, 3.05) is 13.2 Å². The Morgan fingerprint density at radius 2 is 1.18 bits per heavy atom. The zero-order chi connectivity index (χ0) is 39.9. The van der Waals surface area contributed by atoms with Gasteiger partial charge in [-0.3, -0.25) is 19.1 Å². The molecule has 0 unspecified atom stereocenters. The maximum absolute atomic E-state index is 14.6. The second-order valence-corrected chi connectivity index (χ2v) is 17.6. The van der Waals surface area contributed by atoms with E-state index in [0.29, 0.717) is 35.6 Å². The van der Waals surface area contributed by atoms with Gasteiger partial charge < -0.3 is 4.74 Å². The van der Waals surface area contributed by atoms with E-state index in [4.69, 9.17) is 16.2 Å². The fourth-order valence-corrected chi connectivity index (χ4v) is 7.51. The van der Waals surface area contributed by atoms with E-state index < -0.39 is 8.80 Å². The van der Waals surface area contributed by atoms with Gasteiger partial charge in [0.2, 0.25) is 0 Å². The Morgan fingerprint density at radius 3 is 1.63 bits per heavy atom. The van der Waals surface area contributed by atoms with Gasteiger partial charge in [0.25, 0.3) is 0 Å². The number of aryl methyl sites for hydroxylation is 2. The van der Waals surface area contributed by atoms with Crippen molar-refractivity contribution < 1.29 is 13.5 Å². The number of ether oxygens (including phenoxy) is 1. The molecule has 2 aromatic heterocycles. The molecule has 0 N–H and O–H groups in total. The SMILES string of the molecule is C#Cc1ccc2c(c1)C(c1ccccc1F)=NCc1cnc(C)n1-2.C1CCOC1.Cc1ncc2n1-c1ccc(C#CC[SiH](C)C)cc1C(c1ccccc1F)=NC2. The highest BCUT2D eigenvalue weighted by atomic mass is 28.3. The Hall–Kier alpha value is -6.20. The molecule has 3 aliphatic rings. The molecule has 0 atom stereocenters. The molecule has 3 aliphatic heterocycles. The molecule has 6 aromatic rings. The van der Waals surface area contributed by atoms with Gasteiger partial charge >= 0.3 is 0 Å². The van der Waals surface area contributed by atoms with E-state index in [1.54, 1.807) is 24.3 Å². The quantitative estimate of drug-likeness (QED) is 0.133. The lowest BCUT2D eigenvalue weighted by molar-refractivity contribution is 0.198. The molecule has 9 rings (SSSR count). The Morgan fingerprint density at radius 1 is 0.684 bits per heavy atom. The standard InChI is InChI=1S/C23H22FN3Si.C20H14FN3.C4H8O/c1-16-25-14-18-15-26-23(19-8-4-5-9-21(19)24)20-13-17(7-6-12-28(2)3)10-11-22(20)27(16)18;1-3-14-8-9-19-17(10-14)20(16-6-4-5-7-18(16)21)23-12-15-11-22-13(2)24(15)19;1-2-4-5-3-1/h4-5,8-11,13-14,28H,12,15H2,1-3H3;1,4-11H,12H2,2H3;1-4H2. The highest BCUT2D eigenvalue weighted by molar-refractivity contribution is 6.56. The third-order valence-corrected chi connectivity index (χ3v) is 10.8. The highest BCUT2D eigenvalue weighted by Crippen LogP contribution is 2.30. The third-order valence-electron chi connectivity index (χ3n) is 9.80. The Kier molecular flexibility index (Phi) is 12.1. The van der Waals surface area contributed by atoms with Gasteiger partial charge in [0.05, 0.1) is 59.7 Å². The number of fused-ring (bicyclic) bond motifs is 6. The van der Waals surface area contributed by atoms with Crippen LogP contribution in [0, 0.1) is 49.7 Å². The lowest BCUT2D eigenvalue weighted by atomic mass is 9.98. The first kappa shape index (κ1) is 39.0. The number of aliphatic imine (C=N–C) groups is 2. The molecule has 0 spiro atoms. The van der Waals surface area contributed by atoms with Crippen LogP contribution in [0.15, 0.2) is 107 Å². The number of aromatic nitrogens is 4. The molecular weight excluding hydrogens is 731 g/mol. The van der Waals surface area contributed by atoms with Crippen LogP contribution in [0.2, 0.25) is 19.1 Å². The third kappa shape index (κ3) is 8.63. The van der Waals surface area contributed by atoms with E-state index >= 15 is 0 Å². The average Bonchev–Trinajstić information content (AvgIpc) is 3.95. The summed E-state index contributed by atoms with van der Waals surface area (Å²) in [4.78, 5) is 18.3. The van der Waals surface area contributed by atoms with Gasteiger partial charge in [-0.25, -0.2) is 18.7 Å². The summed E-state index contributed by atoms with van der Waals surface area (Å²) >= 11 is 0. The number of rotatable bonds is 3. The largest absolute Gasteiger partial charge is 0.381 e. The van der Waals surface area contributed by atoms with Crippen LogP contribution in [-0.2, 0) is 17.8 Å². The first-order valence-electron chi connectivity index (χ1n) is 19.2. The molecule has 5 heterocycles. The van der Waals surface area contributed by atoms with Crippen molar-refractivity contribution in [3.8, 4) is 35.6 Å². The van der Waals surface area contributed by atoms with E-state index in [0.717, 1.165) is 75.9 Å². The molecule has 1 fully saturated rings. The second-order valence-electron chi connectivity index (χ2n) is 14.4. The number of nitrogens with zero attached hydrogens (tertiary/aromatic N) is 6. The summed E-state index contributed by atoms with van der Waals surface area (Å²) in [6, 6.07) is 26.3. The van der Waals surface area contributed by atoms with Crippen molar-refractivity contribution in [3.63, 3.8) is 0 Å². The lowest BCUT2D eigenvalue weighted by Crippen LogP contribution is -2.10. The topological polar surface area (TPSA) is 69.6 Å². The molecule has 0 bridgehead atoms. The summed E-state index contributed by atoms with van der Waals surface area (Å²) in [5, 5.41) is 0. The summed E-state index contributed by atoms with van der Waals surface area (Å²) < 4.78 is 38.1. The van der Waals surface area contributed by atoms with Gasteiger partial charge in [-0.15, -0.1) is 12.3 Å². The van der Waals surface area contributed by atoms with Crippen molar-refractivity contribution in [1.82, 2.24) is 19.1 Å². The molecule has 0 amide bonds. The Balaban J connectivity index is 0.000000156. The van der Waals surface area contributed by atoms with Crippen LogP contribution >= 0.6 is 0 Å². The smallest absolute Gasteiger partial charge is 0.132 e. The zero-order valence-corrected chi connectivity index (χ0v) is 33.8. The van der Waals surface area contributed by atoms with Crippen LogP contribution in [0.25, 0.3) is 11.4 Å². The summed E-state index contributed by atoms with van der Waals surface area (Å²) in [5.74, 6) is 10.4. The second kappa shape index (κ2) is 17.7. The van der Waals surface area contributed by atoms with Crippen molar-refractivity contribution in [2.45, 2.75) is 58.9 Å². The van der Waals surface area contributed by atoms with Crippen LogP contribution in [0.1, 0.15) is 69.3 Å². The van der Waals surface area contributed by atoms with Crippen LogP contribution in [-0.4, -0.2) is 52.5 Å². The van der Waals surface area contributed by atoms with Gasteiger partial charge in [-0.05, 0) is 87.4 Å². The van der Waals surface area contributed by atoms with Gasteiger partial charge in [-0.2, -0.15) is 0 Å². The van der Waals surface area contributed by atoms with Gasteiger partial charge in [0.15, 0.2) is 0 Å². The maximum atomic E-state index is 14.6. The predicted molar refractivity (Wildman–Crippen MR) is 227 cm³/mol. The molecule has 0 aliphatic carbocycles. The Labute approximate surface area is 334 Å². The average molecular weight is 775 g/mol. The molecule has 286 valence electrons. The Bertz CT molecular complexity index is 2590. The van der Waals surface area contributed by atoms with Crippen LogP contribution in [0.4, 0.5) is 8.78 Å². The van der Waals surface area contributed by atoms with Crippen molar-refractivity contribution in [3.05, 3.63) is 165 Å². The molecule has 57 heavy (non-hydrogen) atoms. The summed E-state index contributed by atoms with van der Waals surface area (Å²) in [6.07, 6.45) is 11.8. The summed E-state index contributed by atoms with van der Waals surface area (Å²) in [6.45, 7) is 11.4.